The van der Waals surface area contributed by atoms with E-state index >= 15 is 0 Å². The number of hydrogen-bond donors (Lipinski definition) is 3. The molecule has 0 radical (unpaired) electrons. The van der Waals surface area contributed by atoms with Crippen molar-refractivity contribution in [1.29, 1.82) is 0 Å². The molecule has 0 bridgehead atoms. The van der Waals surface area contributed by atoms with Crippen molar-refractivity contribution in [3.8, 4) is 0 Å². The molecule has 1 aromatic heterocycles. The van der Waals surface area contributed by atoms with Crippen LogP contribution in [0, 0.1) is 0 Å². The molecule has 1 amide bonds. The summed E-state index contributed by atoms with van der Waals surface area (Å²) in [7, 11) is 1.74. The first-order valence-electron chi connectivity index (χ1n) is 8.71. The first-order valence-corrected chi connectivity index (χ1v) is 8.71. The van der Waals surface area contributed by atoms with Gasteiger partial charge in [-0.2, -0.15) is 0 Å². The maximum atomic E-state index is 11.9. The van der Waals surface area contributed by atoms with Gasteiger partial charge in [-0.25, -0.2) is 0 Å². The van der Waals surface area contributed by atoms with Crippen molar-refractivity contribution in [3.63, 3.8) is 0 Å². The van der Waals surface area contributed by atoms with Crippen LogP contribution in [0.5, 0.6) is 0 Å². The van der Waals surface area contributed by atoms with Crippen molar-refractivity contribution in [2.45, 2.75) is 19.3 Å². The van der Waals surface area contributed by atoms with Crippen LogP contribution >= 0.6 is 0 Å². The molecule has 1 heterocycles. The third-order valence-corrected chi connectivity index (χ3v) is 4.10. The zero-order valence-electron chi connectivity index (χ0n) is 15.6. The molecule has 138 valence electrons. The minimum absolute atomic E-state index is 0.0204. The van der Waals surface area contributed by atoms with Crippen molar-refractivity contribution < 1.29 is 4.79 Å². The first kappa shape index (κ1) is 19.4. The number of benzene rings is 1. The molecular weight excluding hydrogens is 326 g/mol. The second-order valence-electron chi connectivity index (χ2n) is 6.60. The number of nitrogens with one attached hydrogen (secondary N) is 3. The number of nitrogens with zero attached hydrogens (tertiary/aromatic N) is 2. The molecule has 0 aliphatic carbocycles. The van der Waals surface area contributed by atoms with Gasteiger partial charge in [-0.05, 0) is 17.7 Å². The van der Waals surface area contributed by atoms with Gasteiger partial charge >= 0.3 is 0 Å². The maximum Gasteiger partial charge on any atom is 0.252 e. The summed E-state index contributed by atoms with van der Waals surface area (Å²) in [5.41, 5.74) is 1.80. The van der Waals surface area contributed by atoms with E-state index < -0.39 is 0 Å². The maximum absolute atomic E-state index is 11.9. The first-order chi connectivity index (χ1) is 12.5. The van der Waals surface area contributed by atoms with Crippen molar-refractivity contribution in [2.75, 3.05) is 26.7 Å². The number of carbonyl (C=O) groups is 1. The Hall–Kier alpha value is -2.89. The molecule has 26 heavy (non-hydrogen) atoms. The smallest absolute Gasteiger partial charge is 0.252 e. The zero-order chi connectivity index (χ0) is 18.8. The predicted octanol–water partition coefficient (Wildman–Crippen LogP) is 1.95. The van der Waals surface area contributed by atoms with Crippen molar-refractivity contribution in [1.82, 2.24) is 20.9 Å². The number of aromatic nitrogens is 1. The zero-order valence-corrected chi connectivity index (χ0v) is 15.6. The molecule has 1 aromatic carbocycles. The molecule has 0 unspecified atom stereocenters. The lowest BCUT2D eigenvalue weighted by atomic mass is 9.85. The monoisotopic (exact) mass is 353 g/mol. The van der Waals surface area contributed by atoms with Crippen LogP contribution in [0.3, 0.4) is 0 Å². The Morgan fingerprint density at radius 1 is 1.04 bits per heavy atom. The highest BCUT2D eigenvalue weighted by molar-refractivity contribution is 5.93. The van der Waals surface area contributed by atoms with E-state index in [9.17, 15) is 4.79 Å². The summed E-state index contributed by atoms with van der Waals surface area (Å²) in [6.45, 7) is 6.21. The fourth-order valence-corrected chi connectivity index (χ4v) is 2.47. The molecule has 0 saturated heterocycles. The van der Waals surface area contributed by atoms with Crippen LogP contribution < -0.4 is 16.0 Å². The highest BCUT2D eigenvalue weighted by Gasteiger charge is 2.20. The van der Waals surface area contributed by atoms with Gasteiger partial charge in [0.1, 0.15) is 0 Å². The van der Waals surface area contributed by atoms with E-state index in [1.54, 1.807) is 31.6 Å². The summed E-state index contributed by atoms with van der Waals surface area (Å²) in [6.07, 6.45) is 3.19. The van der Waals surface area contributed by atoms with Gasteiger partial charge in [0.25, 0.3) is 5.91 Å². The van der Waals surface area contributed by atoms with Crippen molar-refractivity contribution in [2.24, 2.45) is 4.99 Å². The van der Waals surface area contributed by atoms with Crippen LogP contribution in [0.1, 0.15) is 29.8 Å². The summed E-state index contributed by atoms with van der Waals surface area (Å²) >= 11 is 0. The number of amides is 1. The Morgan fingerprint density at radius 2 is 1.77 bits per heavy atom. The fraction of sp³-hybridized carbons (Fsp3) is 0.350. The topological polar surface area (TPSA) is 78.4 Å². The molecule has 0 fully saturated rings. The van der Waals surface area contributed by atoms with Gasteiger partial charge in [-0.3, -0.25) is 14.8 Å². The van der Waals surface area contributed by atoms with Crippen molar-refractivity contribution in [3.05, 3.63) is 66.0 Å². The van der Waals surface area contributed by atoms with Gasteiger partial charge in [0, 0.05) is 44.5 Å². The summed E-state index contributed by atoms with van der Waals surface area (Å²) in [5.74, 6) is 0.581. The molecule has 0 spiro atoms. The Kier molecular flexibility index (Phi) is 7.14. The third kappa shape index (κ3) is 5.88. The van der Waals surface area contributed by atoms with Crippen LogP contribution in [0.25, 0.3) is 0 Å². The van der Waals surface area contributed by atoms with Gasteiger partial charge in [0.15, 0.2) is 5.96 Å². The molecule has 6 nitrogen and oxygen atoms in total. The van der Waals surface area contributed by atoms with Crippen LogP contribution in [0.2, 0.25) is 0 Å². The third-order valence-electron chi connectivity index (χ3n) is 4.10. The molecule has 0 saturated carbocycles. The summed E-state index contributed by atoms with van der Waals surface area (Å²) in [6, 6.07) is 13.9. The van der Waals surface area contributed by atoms with Crippen LogP contribution in [-0.2, 0) is 5.41 Å². The lowest BCUT2D eigenvalue weighted by molar-refractivity contribution is 0.0954. The highest BCUT2D eigenvalue weighted by atomic mass is 16.1. The molecule has 0 aliphatic rings. The van der Waals surface area contributed by atoms with E-state index in [4.69, 9.17) is 0 Å². The number of rotatable bonds is 7. The van der Waals surface area contributed by atoms with E-state index in [1.807, 2.05) is 6.07 Å². The largest absolute Gasteiger partial charge is 0.356 e. The normalized spacial score (nSPS) is 11.7. The number of pyridine rings is 1. The molecule has 2 aromatic rings. The Morgan fingerprint density at radius 3 is 2.42 bits per heavy atom. The predicted molar refractivity (Wildman–Crippen MR) is 105 cm³/mol. The van der Waals surface area contributed by atoms with Gasteiger partial charge in [-0.15, -0.1) is 0 Å². The van der Waals surface area contributed by atoms with Crippen molar-refractivity contribution >= 4 is 11.9 Å². The lowest BCUT2D eigenvalue weighted by Gasteiger charge is -2.26. The van der Waals surface area contributed by atoms with Gasteiger partial charge in [-0.1, -0.05) is 44.2 Å². The van der Waals surface area contributed by atoms with E-state index in [-0.39, 0.29) is 11.3 Å². The Bertz CT molecular complexity index is 713. The summed E-state index contributed by atoms with van der Waals surface area (Å²) in [4.78, 5) is 20.1. The van der Waals surface area contributed by atoms with Crippen LogP contribution in [-0.4, -0.2) is 43.5 Å². The number of hydrogen-bond acceptors (Lipinski definition) is 3. The minimum atomic E-state index is -0.131. The molecule has 2 rings (SSSR count). The minimum Gasteiger partial charge on any atom is -0.356 e. The standard InChI is InChI=1S/C20H27N5O/c1-20(2,17-9-5-4-6-10-17)15-25-19(21-3)24-13-12-23-18(26)16-8-7-11-22-14-16/h4-11,14H,12-13,15H2,1-3H3,(H,23,26)(H2,21,24,25). The average molecular weight is 353 g/mol. The molecule has 3 N–H and O–H groups in total. The second kappa shape index (κ2) is 9.56. The molecule has 0 atom stereocenters. The van der Waals surface area contributed by atoms with Crippen LogP contribution in [0.4, 0.5) is 0 Å². The Balaban J connectivity index is 1.73. The van der Waals surface area contributed by atoms with Gasteiger partial charge < -0.3 is 16.0 Å². The number of aliphatic imine (C=N–C) groups is 1. The van der Waals surface area contributed by atoms with E-state index in [0.29, 0.717) is 24.6 Å². The Labute approximate surface area is 155 Å². The van der Waals surface area contributed by atoms with Gasteiger partial charge in [0.2, 0.25) is 0 Å². The second-order valence-corrected chi connectivity index (χ2v) is 6.60. The van der Waals surface area contributed by atoms with E-state index in [1.165, 1.54) is 5.56 Å². The number of carbonyl (C=O) groups excluding carboxylic acids is 1. The molecular formula is C20H27N5O. The SMILES string of the molecule is CN=C(NCCNC(=O)c1cccnc1)NCC(C)(C)c1ccccc1. The molecule has 6 heteroatoms. The van der Waals surface area contributed by atoms with Crippen LogP contribution in [0.15, 0.2) is 59.9 Å². The summed E-state index contributed by atoms with van der Waals surface area (Å²) < 4.78 is 0. The number of guanidine groups is 1. The van der Waals surface area contributed by atoms with E-state index in [2.05, 4.69) is 64.0 Å². The summed E-state index contributed by atoms with van der Waals surface area (Å²) in [5, 5.41) is 9.41. The van der Waals surface area contributed by atoms with Gasteiger partial charge in [0.05, 0.1) is 5.56 Å². The lowest BCUT2D eigenvalue weighted by Crippen LogP contribution is -2.45. The van der Waals surface area contributed by atoms with E-state index in [0.717, 1.165) is 6.54 Å². The molecule has 0 aliphatic heterocycles. The highest BCUT2D eigenvalue weighted by Crippen LogP contribution is 2.21. The average Bonchev–Trinajstić information content (AvgIpc) is 2.68. The quantitative estimate of drug-likeness (QED) is 0.404. The fourth-order valence-electron chi connectivity index (χ4n) is 2.47.